The van der Waals surface area contributed by atoms with Gasteiger partial charge >= 0.3 is 6.18 Å². The summed E-state index contributed by atoms with van der Waals surface area (Å²) in [6.07, 6.45) is -2.88. The first-order valence-electron chi connectivity index (χ1n) is 12.2. The highest BCUT2D eigenvalue weighted by molar-refractivity contribution is 5.81. The van der Waals surface area contributed by atoms with Crippen molar-refractivity contribution in [2.45, 2.75) is 44.4 Å². The van der Waals surface area contributed by atoms with Gasteiger partial charge in [0, 0.05) is 12.6 Å². The summed E-state index contributed by atoms with van der Waals surface area (Å²) in [5.74, 6) is 0.686. The molecular weight excluding hydrogens is 481 g/mol. The first-order chi connectivity index (χ1) is 17.6. The highest BCUT2D eigenvalue weighted by Gasteiger charge is 2.37. The molecule has 0 saturated heterocycles. The lowest BCUT2D eigenvalue weighted by molar-refractivity contribution is -0.137. The van der Waals surface area contributed by atoms with Crippen LogP contribution in [0.4, 0.5) is 13.2 Å². The summed E-state index contributed by atoms with van der Waals surface area (Å²) in [6, 6.07) is 16.1. The van der Waals surface area contributed by atoms with Crippen LogP contribution in [0.25, 0.3) is 0 Å². The third-order valence-electron chi connectivity index (χ3n) is 7.12. The lowest BCUT2D eigenvalue weighted by Gasteiger charge is -2.42. The summed E-state index contributed by atoms with van der Waals surface area (Å²) in [5.41, 5.74) is 9.46. The number of rotatable bonds is 8. The molecule has 8 heteroatoms. The number of alkyl halides is 3. The number of ether oxygens (including phenoxy) is 2. The van der Waals surface area contributed by atoms with Crippen molar-refractivity contribution in [1.82, 2.24) is 4.90 Å². The molecule has 1 amide bonds. The fourth-order valence-corrected chi connectivity index (χ4v) is 5.24. The van der Waals surface area contributed by atoms with E-state index in [0.717, 1.165) is 28.3 Å². The minimum atomic E-state index is -4.42. The zero-order valence-electron chi connectivity index (χ0n) is 21.1. The van der Waals surface area contributed by atoms with Gasteiger partial charge in [0.25, 0.3) is 0 Å². The number of nitrogens with zero attached hydrogens (tertiary/aromatic N) is 1. The van der Waals surface area contributed by atoms with Crippen molar-refractivity contribution in [3.63, 3.8) is 0 Å². The molecule has 1 aliphatic heterocycles. The Hall–Kier alpha value is -3.52. The molecular formula is C29H31F3N2O3. The quantitative estimate of drug-likeness (QED) is 0.415. The molecule has 1 unspecified atom stereocenters. The number of hydrogen-bond donors (Lipinski definition) is 1. The maximum atomic E-state index is 13.4. The molecule has 3 aromatic carbocycles. The van der Waals surface area contributed by atoms with Crippen LogP contribution in [0.1, 0.15) is 51.9 Å². The van der Waals surface area contributed by atoms with Crippen molar-refractivity contribution < 1.29 is 27.4 Å². The van der Waals surface area contributed by atoms with Crippen LogP contribution < -0.4 is 15.2 Å². The molecule has 5 nitrogen and oxygen atoms in total. The molecule has 37 heavy (non-hydrogen) atoms. The average Bonchev–Trinajstić information content (AvgIpc) is 2.87. The molecule has 0 bridgehead atoms. The molecule has 1 heterocycles. The average molecular weight is 513 g/mol. The van der Waals surface area contributed by atoms with Gasteiger partial charge < -0.3 is 15.2 Å². The number of halogens is 3. The number of nitrogens with two attached hydrogens (primary N) is 1. The number of hydrogen-bond acceptors (Lipinski definition) is 4. The van der Waals surface area contributed by atoms with Crippen LogP contribution in [-0.4, -0.2) is 31.6 Å². The Labute approximate surface area is 215 Å². The molecule has 0 spiro atoms. The molecule has 3 aromatic rings. The maximum Gasteiger partial charge on any atom is 0.416 e. The smallest absolute Gasteiger partial charge is 0.416 e. The van der Waals surface area contributed by atoms with Gasteiger partial charge in [0.05, 0.1) is 19.8 Å². The number of carbonyl (C=O) groups excluding carboxylic acids is 1. The molecule has 196 valence electrons. The van der Waals surface area contributed by atoms with Crippen LogP contribution in [0.15, 0.2) is 60.7 Å². The van der Waals surface area contributed by atoms with E-state index in [1.54, 1.807) is 14.2 Å². The van der Waals surface area contributed by atoms with Crippen molar-refractivity contribution >= 4 is 5.91 Å². The van der Waals surface area contributed by atoms with E-state index >= 15 is 0 Å². The Balaban J connectivity index is 1.77. The highest BCUT2D eigenvalue weighted by atomic mass is 19.4. The SMILES string of the molecule is COc1cc2c(cc1OC)[C@H](CCc1cc(C(F)(F)F)ccc1C)N(C(C(N)=O)c1ccccc1)CC2. The zero-order valence-corrected chi connectivity index (χ0v) is 21.1. The molecule has 0 radical (unpaired) electrons. The standard InChI is InChI=1S/C29H31F3N2O3/c1-18-9-11-22(29(30,31)32)15-20(18)10-12-24-23-17-26(37-3)25(36-2)16-21(23)13-14-34(24)27(28(33)35)19-7-5-4-6-8-19/h4-9,11,15-17,24,27H,10,12-14H2,1-3H3,(H2,33,35)/t24-,27?/m0/s1. The summed E-state index contributed by atoms with van der Waals surface area (Å²) in [4.78, 5) is 14.8. The van der Waals surface area contributed by atoms with Gasteiger partial charge in [-0.05, 0) is 78.3 Å². The first-order valence-corrected chi connectivity index (χ1v) is 12.2. The van der Waals surface area contributed by atoms with Crippen molar-refractivity contribution in [2.75, 3.05) is 20.8 Å². The van der Waals surface area contributed by atoms with Gasteiger partial charge in [-0.2, -0.15) is 13.2 Å². The van der Waals surface area contributed by atoms with Gasteiger partial charge in [-0.3, -0.25) is 9.69 Å². The Morgan fingerprint density at radius 3 is 2.35 bits per heavy atom. The lowest BCUT2D eigenvalue weighted by atomic mass is 9.85. The van der Waals surface area contributed by atoms with E-state index in [1.165, 1.54) is 12.1 Å². The van der Waals surface area contributed by atoms with E-state index in [1.807, 2.05) is 49.4 Å². The predicted molar refractivity (Wildman–Crippen MR) is 136 cm³/mol. The van der Waals surface area contributed by atoms with Gasteiger partial charge in [-0.25, -0.2) is 0 Å². The largest absolute Gasteiger partial charge is 0.493 e. The fourth-order valence-electron chi connectivity index (χ4n) is 5.24. The molecule has 2 N–H and O–H groups in total. The van der Waals surface area contributed by atoms with Gasteiger partial charge in [0.1, 0.15) is 6.04 Å². The number of fused-ring (bicyclic) bond motifs is 1. The second-order valence-electron chi connectivity index (χ2n) is 9.30. The number of methoxy groups -OCH3 is 2. The Morgan fingerprint density at radius 1 is 1.05 bits per heavy atom. The summed E-state index contributed by atoms with van der Waals surface area (Å²) in [7, 11) is 3.13. The van der Waals surface area contributed by atoms with Crippen LogP contribution in [-0.2, 0) is 23.8 Å². The third kappa shape index (κ3) is 5.59. The summed E-state index contributed by atoms with van der Waals surface area (Å²) in [5, 5.41) is 0. The third-order valence-corrected chi connectivity index (χ3v) is 7.12. The molecule has 1 aliphatic rings. The normalized spacial score (nSPS) is 16.6. The second kappa shape index (κ2) is 10.8. The van der Waals surface area contributed by atoms with E-state index in [0.29, 0.717) is 42.9 Å². The van der Waals surface area contributed by atoms with E-state index in [4.69, 9.17) is 15.2 Å². The molecule has 4 rings (SSSR count). The van der Waals surface area contributed by atoms with Crippen molar-refractivity contribution in [1.29, 1.82) is 0 Å². The summed E-state index contributed by atoms with van der Waals surface area (Å²) < 4.78 is 51.3. The topological polar surface area (TPSA) is 64.8 Å². The number of aryl methyl sites for hydroxylation is 2. The number of carbonyl (C=O) groups is 1. The van der Waals surface area contributed by atoms with E-state index < -0.39 is 23.7 Å². The monoisotopic (exact) mass is 512 g/mol. The molecule has 0 fully saturated rings. The minimum Gasteiger partial charge on any atom is -0.493 e. The fraction of sp³-hybridized carbons (Fsp3) is 0.345. The summed E-state index contributed by atoms with van der Waals surface area (Å²) in [6.45, 7) is 2.36. The first kappa shape index (κ1) is 26.5. The van der Waals surface area contributed by atoms with Gasteiger partial charge in [0.2, 0.25) is 5.91 Å². The Morgan fingerprint density at radius 2 is 1.73 bits per heavy atom. The van der Waals surface area contributed by atoms with Crippen LogP contribution in [0.3, 0.4) is 0 Å². The summed E-state index contributed by atoms with van der Waals surface area (Å²) >= 11 is 0. The molecule has 0 aromatic heterocycles. The van der Waals surface area contributed by atoms with E-state index in [2.05, 4.69) is 4.90 Å². The van der Waals surface area contributed by atoms with Crippen LogP contribution in [0.5, 0.6) is 11.5 Å². The zero-order chi connectivity index (χ0) is 26.7. The lowest BCUT2D eigenvalue weighted by Crippen LogP contribution is -2.44. The minimum absolute atomic E-state index is 0.282. The molecule has 0 saturated carbocycles. The Kier molecular flexibility index (Phi) is 7.78. The van der Waals surface area contributed by atoms with Crippen LogP contribution in [0.2, 0.25) is 0 Å². The molecule has 2 atom stereocenters. The van der Waals surface area contributed by atoms with Gasteiger partial charge in [0.15, 0.2) is 11.5 Å². The van der Waals surface area contributed by atoms with E-state index in [9.17, 15) is 18.0 Å². The van der Waals surface area contributed by atoms with Gasteiger partial charge in [-0.1, -0.05) is 36.4 Å². The van der Waals surface area contributed by atoms with Crippen LogP contribution >= 0.6 is 0 Å². The van der Waals surface area contributed by atoms with Crippen molar-refractivity contribution in [2.24, 2.45) is 5.73 Å². The van der Waals surface area contributed by atoms with E-state index in [-0.39, 0.29) is 6.04 Å². The Bertz CT molecular complexity index is 1260. The van der Waals surface area contributed by atoms with Gasteiger partial charge in [-0.15, -0.1) is 0 Å². The number of primary amides is 1. The van der Waals surface area contributed by atoms with Crippen molar-refractivity contribution in [3.8, 4) is 11.5 Å². The number of amides is 1. The highest BCUT2D eigenvalue weighted by Crippen LogP contribution is 2.43. The van der Waals surface area contributed by atoms with Crippen molar-refractivity contribution in [3.05, 3.63) is 94.0 Å². The number of benzene rings is 3. The molecule has 0 aliphatic carbocycles. The second-order valence-corrected chi connectivity index (χ2v) is 9.30. The maximum absolute atomic E-state index is 13.4. The predicted octanol–water partition coefficient (Wildman–Crippen LogP) is 5.79. The van der Waals surface area contributed by atoms with Crippen LogP contribution in [0, 0.1) is 6.92 Å².